The Labute approximate surface area is 313 Å². The molecule has 0 amide bonds. The number of hydrogen-bond donors (Lipinski definition) is 2. The monoisotopic (exact) mass is 702 g/mol. The topological polar surface area (TPSA) is 24.1 Å². The fraction of sp³-hybridized carbons (Fsp3) is 0.0417. The highest BCUT2D eigenvalue weighted by Crippen LogP contribution is 2.62. The van der Waals surface area contributed by atoms with E-state index in [1.807, 2.05) is 23.5 Å². The predicted octanol–water partition coefficient (Wildman–Crippen LogP) is 12.6. The largest absolute Gasteiger partial charge is 0.381 e. The van der Waals surface area contributed by atoms with E-state index in [4.69, 9.17) is 0 Å². The summed E-state index contributed by atoms with van der Waals surface area (Å²) in [6.45, 7) is 0.839. The van der Waals surface area contributed by atoms with Gasteiger partial charge in [-0.2, -0.15) is 0 Å². The Balaban J connectivity index is 1.22. The van der Waals surface area contributed by atoms with E-state index in [1.54, 1.807) is 0 Å². The summed E-state index contributed by atoms with van der Waals surface area (Å²) in [4.78, 5) is 5.19. The van der Waals surface area contributed by atoms with Gasteiger partial charge in [-0.3, -0.25) is 0 Å². The molecule has 3 aliphatic rings. The number of hydrogen-bond acceptors (Lipinski definition) is 4. The molecule has 0 unspecified atom stereocenters. The minimum atomic E-state index is -0.460. The van der Waals surface area contributed by atoms with Crippen molar-refractivity contribution in [3.8, 4) is 22.3 Å². The van der Waals surface area contributed by atoms with Gasteiger partial charge in [0.1, 0.15) is 0 Å². The molecular formula is C48H34N2S2. The highest BCUT2D eigenvalue weighted by molar-refractivity contribution is 8.00. The Morgan fingerprint density at radius 2 is 1.10 bits per heavy atom. The molecule has 10 rings (SSSR count). The summed E-state index contributed by atoms with van der Waals surface area (Å²) in [7, 11) is 0. The zero-order valence-electron chi connectivity index (χ0n) is 28.3. The number of benzene rings is 7. The molecule has 3 heterocycles. The quantitative estimate of drug-likeness (QED) is 0.186. The van der Waals surface area contributed by atoms with Crippen molar-refractivity contribution in [3.05, 3.63) is 210 Å². The smallest absolute Gasteiger partial charge is 0.0745 e. The van der Waals surface area contributed by atoms with Crippen LogP contribution in [0.15, 0.2) is 202 Å². The van der Waals surface area contributed by atoms with Crippen molar-refractivity contribution in [3.63, 3.8) is 0 Å². The van der Waals surface area contributed by atoms with Crippen LogP contribution in [-0.2, 0) is 5.41 Å². The molecule has 52 heavy (non-hydrogen) atoms. The average Bonchev–Trinajstić information content (AvgIpc) is 3.21. The van der Waals surface area contributed by atoms with Crippen LogP contribution in [0, 0.1) is 0 Å². The van der Waals surface area contributed by atoms with Crippen molar-refractivity contribution in [2.24, 2.45) is 0 Å². The minimum absolute atomic E-state index is 0.460. The maximum Gasteiger partial charge on any atom is 0.0745 e. The van der Waals surface area contributed by atoms with E-state index in [0.717, 1.165) is 23.6 Å². The lowest BCUT2D eigenvalue weighted by molar-refractivity contribution is 0.667. The molecule has 2 N–H and O–H groups in total. The van der Waals surface area contributed by atoms with E-state index in [0.29, 0.717) is 0 Å². The Hall–Kier alpha value is -5.68. The number of rotatable bonds is 5. The number of fused-ring (bicyclic) bond motifs is 8. The molecule has 0 saturated carbocycles. The van der Waals surface area contributed by atoms with Crippen molar-refractivity contribution >= 4 is 40.6 Å². The first-order valence-electron chi connectivity index (χ1n) is 17.7. The van der Waals surface area contributed by atoms with E-state index < -0.39 is 5.41 Å². The first-order valence-corrected chi connectivity index (χ1v) is 19.4. The molecule has 0 aromatic heterocycles. The summed E-state index contributed by atoms with van der Waals surface area (Å²) in [6, 6.07) is 60.2. The van der Waals surface area contributed by atoms with Gasteiger partial charge in [0.2, 0.25) is 0 Å². The summed E-state index contributed by atoms with van der Waals surface area (Å²) in [5.74, 6) is 0. The van der Waals surface area contributed by atoms with Crippen LogP contribution in [-0.4, -0.2) is 6.54 Å². The molecule has 4 heteroatoms. The van der Waals surface area contributed by atoms with Crippen molar-refractivity contribution in [2.45, 2.75) is 25.0 Å². The number of para-hydroxylation sites is 1. The summed E-state index contributed by atoms with van der Waals surface area (Å²) in [6.07, 6.45) is 6.49. The average molecular weight is 703 g/mol. The first-order chi connectivity index (χ1) is 25.8. The zero-order chi connectivity index (χ0) is 34.5. The highest BCUT2D eigenvalue weighted by atomic mass is 32.2. The molecule has 248 valence electrons. The van der Waals surface area contributed by atoms with Crippen molar-refractivity contribution in [1.82, 2.24) is 5.32 Å². The third kappa shape index (κ3) is 5.05. The predicted molar refractivity (Wildman–Crippen MR) is 219 cm³/mol. The molecule has 7 aromatic carbocycles. The number of dihydropyridines is 1. The lowest BCUT2D eigenvalue weighted by Gasteiger charge is -2.45. The zero-order valence-corrected chi connectivity index (χ0v) is 30.0. The lowest BCUT2D eigenvalue weighted by atomic mass is 9.64. The second kappa shape index (κ2) is 12.8. The van der Waals surface area contributed by atoms with E-state index in [2.05, 4.69) is 193 Å². The van der Waals surface area contributed by atoms with Crippen LogP contribution in [0.3, 0.4) is 0 Å². The van der Waals surface area contributed by atoms with Crippen LogP contribution in [0.2, 0.25) is 0 Å². The summed E-state index contributed by atoms with van der Waals surface area (Å²) < 4.78 is 0. The lowest BCUT2D eigenvalue weighted by Crippen LogP contribution is -2.36. The summed E-state index contributed by atoms with van der Waals surface area (Å²) in [5, 5.41) is 7.33. The van der Waals surface area contributed by atoms with Gasteiger partial charge in [-0.25, -0.2) is 0 Å². The molecule has 2 nitrogen and oxygen atoms in total. The fourth-order valence-electron chi connectivity index (χ4n) is 8.15. The van der Waals surface area contributed by atoms with Gasteiger partial charge in [0.25, 0.3) is 0 Å². The van der Waals surface area contributed by atoms with Crippen molar-refractivity contribution < 1.29 is 0 Å². The van der Waals surface area contributed by atoms with Crippen LogP contribution in [0.25, 0.3) is 28.0 Å². The summed E-state index contributed by atoms with van der Waals surface area (Å²) >= 11 is 3.79. The van der Waals surface area contributed by atoms with Gasteiger partial charge in [0.15, 0.2) is 0 Å². The second-order valence-electron chi connectivity index (χ2n) is 13.3. The van der Waals surface area contributed by atoms with Crippen LogP contribution in [0.1, 0.15) is 27.8 Å². The van der Waals surface area contributed by atoms with E-state index >= 15 is 0 Å². The standard InChI is InChI=1S/C48H34N2S2/c1-3-14-32(15-4-1)47-36(18-13-22-42(47)50-35-16-5-2-6-17-35)33-25-27-39-45(30-33)52-46-31-34(41-21-11-12-29-49-41)26-28-40(46)48(39)37-19-7-9-23-43(37)51-44-24-10-8-20-38(44)48/h1-28,30-31,49-50H,29H2. The Bertz CT molecular complexity index is 2510. The maximum atomic E-state index is 3.74. The van der Waals surface area contributed by atoms with E-state index in [9.17, 15) is 0 Å². The van der Waals surface area contributed by atoms with Crippen LogP contribution in [0.4, 0.5) is 11.4 Å². The van der Waals surface area contributed by atoms with Crippen molar-refractivity contribution in [2.75, 3.05) is 11.9 Å². The second-order valence-corrected chi connectivity index (χ2v) is 15.5. The van der Waals surface area contributed by atoms with Gasteiger partial charge in [-0.05, 0) is 93.0 Å². The van der Waals surface area contributed by atoms with E-state index in [-0.39, 0.29) is 0 Å². The highest BCUT2D eigenvalue weighted by Gasteiger charge is 2.48. The molecule has 0 aliphatic carbocycles. The van der Waals surface area contributed by atoms with Gasteiger partial charge in [-0.15, -0.1) is 0 Å². The Morgan fingerprint density at radius 3 is 1.79 bits per heavy atom. The molecule has 0 radical (unpaired) electrons. The number of anilines is 2. The molecule has 0 bridgehead atoms. The van der Waals surface area contributed by atoms with Crippen LogP contribution in [0.5, 0.6) is 0 Å². The Kier molecular flexibility index (Phi) is 7.67. The van der Waals surface area contributed by atoms with Gasteiger partial charge in [0, 0.05) is 48.8 Å². The maximum absolute atomic E-state index is 3.74. The molecule has 1 spiro atoms. The van der Waals surface area contributed by atoms with E-state index in [1.165, 1.54) is 69.7 Å². The SMILES string of the molecule is C1=CCNC(c2ccc3c(c2)Sc2cc(-c4cccc(Nc5ccccc5)c4-c4ccccc4)ccc2C32c3ccccc3Sc3ccccc32)=C1. The Morgan fingerprint density at radius 1 is 0.500 bits per heavy atom. The molecular weight excluding hydrogens is 669 g/mol. The van der Waals surface area contributed by atoms with Gasteiger partial charge in [0.05, 0.1) is 5.41 Å². The summed E-state index contributed by atoms with van der Waals surface area (Å²) in [5.41, 5.74) is 14.2. The molecule has 0 fully saturated rings. The first kappa shape index (κ1) is 31.1. The van der Waals surface area contributed by atoms with Crippen LogP contribution < -0.4 is 10.6 Å². The van der Waals surface area contributed by atoms with Gasteiger partial charge >= 0.3 is 0 Å². The minimum Gasteiger partial charge on any atom is -0.381 e. The number of allylic oxidation sites excluding steroid dienone is 2. The third-order valence-corrected chi connectivity index (χ3v) is 12.7. The molecule has 3 aliphatic heterocycles. The van der Waals surface area contributed by atoms with Crippen molar-refractivity contribution in [1.29, 1.82) is 0 Å². The normalized spacial score (nSPS) is 14.7. The van der Waals surface area contributed by atoms with Gasteiger partial charge < -0.3 is 10.6 Å². The molecule has 0 saturated heterocycles. The third-order valence-electron chi connectivity index (χ3n) is 10.4. The number of nitrogens with one attached hydrogen (secondary N) is 2. The van der Waals surface area contributed by atoms with Crippen LogP contribution >= 0.6 is 23.5 Å². The van der Waals surface area contributed by atoms with Gasteiger partial charge in [-0.1, -0.05) is 157 Å². The molecule has 7 aromatic rings. The fourth-order valence-corrected chi connectivity index (χ4v) is 10.6. The molecule has 0 atom stereocenters.